The largest absolute Gasteiger partial charge is 0.327 e. The average molecular weight is 185 g/mol. The molecule has 1 atom stereocenters. The van der Waals surface area contributed by atoms with Crippen LogP contribution in [0.2, 0.25) is 0 Å². The molecular formula is C13H15N. The van der Waals surface area contributed by atoms with Gasteiger partial charge in [-0.15, -0.1) is 6.42 Å². The minimum atomic E-state index is 0.235. The Hall–Kier alpha value is -1.26. The molecule has 1 aromatic rings. The molecule has 0 aliphatic heterocycles. The quantitative estimate of drug-likeness (QED) is 0.701. The number of rotatable bonds is 2. The highest BCUT2D eigenvalue weighted by Gasteiger charge is 2.47. The zero-order chi connectivity index (χ0) is 10.2. The molecule has 2 rings (SSSR count). The molecule has 0 spiro atoms. The van der Waals surface area contributed by atoms with Crippen LogP contribution in [0, 0.1) is 12.3 Å². The summed E-state index contributed by atoms with van der Waals surface area (Å²) in [6, 6.07) is 8.46. The summed E-state index contributed by atoms with van der Waals surface area (Å²) in [5, 5.41) is 0. The zero-order valence-corrected chi connectivity index (χ0v) is 8.46. The lowest BCUT2D eigenvalue weighted by Gasteiger charge is -2.19. The lowest BCUT2D eigenvalue weighted by atomic mass is 9.89. The van der Waals surface area contributed by atoms with Crippen molar-refractivity contribution in [3.63, 3.8) is 0 Å². The molecule has 1 nitrogen and oxygen atoms in total. The van der Waals surface area contributed by atoms with Crippen LogP contribution in [0.25, 0.3) is 0 Å². The van der Waals surface area contributed by atoms with Crippen LogP contribution in [0.1, 0.15) is 30.9 Å². The van der Waals surface area contributed by atoms with Crippen molar-refractivity contribution in [3.8, 4) is 12.3 Å². The van der Waals surface area contributed by atoms with Crippen LogP contribution in [0.15, 0.2) is 24.3 Å². The summed E-state index contributed by atoms with van der Waals surface area (Å²) in [5.74, 6) is 2.62. The highest BCUT2D eigenvalue weighted by Crippen LogP contribution is 2.50. The molecule has 14 heavy (non-hydrogen) atoms. The summed E-state index contributed by atoms with van der Waals surface area (Å²) in [6.07, 6.45) is 7.73. The first kappa shape index (κ1) is 9.30. The van der Waals surface area contributed by atoms with E-state index in [2.05, 4.69) is 25.0 Å². The van der Waals surface area contributed by atoms with Crippen LogP contribution >= 0.6 is 0 Å². The third kappa shape index (κ3) is 1.32. The molecule has 0 amide bonds. The zero-order valence-electron chi connectivity index (χ0n) is 8.46. The third-order valence-corrected chi connectivity index (χ3v) is 3.29. The smallest absolute Gasteiger partial charge is 0.0242 e. The SMILES string of the molecule is C#Cc1ccc(C2(C(C)N)CC2)cc1. The van der Waals surface area contributed by atoms with E-state index in [-0.39, 0.29) is 11.5 Å². The number of benzene rings is 1. The average Bonchev–Trinajstić information content (AvgIpc) is 2.99. The Morgan fingerprint density at radius 3 is 2.29 bits per heavy atom. The molecule has 1 aromatic carbocycles. The summed E-state index contributed by atoms with van der Waals surface area (Å²) in [6.45, 7) is 2.09. The van der Waals surface area contributed by atoms with E-state index in [9.17, 15) is 0 Å². The van der Waals surface area contributed by atoms with Crippen molar-refractivity contribution in [3.05, 3.63) is 35.4 Å². The van der Waals surface area contributed by atoms with Crippen molar-refractivity contribution in [2.45, 2.75) is 31.2 Å². The fourth-order valence-electron chi connectivity index (χ4n) is 2.04. The normalized spacial score (nSPS) is 19.8. The molecule has 0 aromatic heterocycles. The third-order valence-electron chi connectivity index (χ3n) is 3.29. The van der Waals surface area contributed by atoms with Crippen molar-refractivity contribution in [1.29, 1.82) is 0 Å². The Morgan fingerprint density at radius 2 is 1.93 bits per heavy atom. The van der Waals surface area contributed by atoms with Crippen LogP contribution in [0.3, 0.4) is 0 Å². The Labute approximate surface area is 85.3 Å². The van der Waals surface area contributed by atoms with Crippen molar-refractivity contribution in [1.82, 2.24) is 0 Å². The Morgan fingerprint density at radius 1 is 1.36 bits per heavy atom. The maximum Gasteiger partial charge on any atom is 0.0242 e. The van der Waals surface area contributed by atoms with E-state index in [1.54, 1.807) is 0 Å². The highest BCUT2D eigenvalue weighted by molar-refractivity contribution is 5.40. The minimum absolute atomic E-state index is 0.235. The van der Waals surface area contributed by atoms with Crippen molar-refractivity contribution >= 4 is 0 Å². The van der Waals surface area contributed by atoms with Gasteiger partial charge in [0.15, 0.2) is 0 Å². The van der Waals surface area contributed by atoms with Crippen LogP contribution in [-0.2, 0) is 5.41 Å². The van der Waals surface area contributed by atoms with E-state index in [0.717, 1.165) is 5.56 Å². The molecule has 0 radical (unpaired) electrons. The van der Waals surface area contributed by atoms with Crippen LogP contribution in [-0.4, -0.2) is 6.04 Å². The first-order chi connectivity index (χ1) is 6.69. The van der Waals surface area contributed by atoms with Crippen molar-refractivity contribution in [2.24, 2.45) is 5.73 Å². The van der Waals surface area contributed by atoms with Gasteiger partial charge in [0.1, 0.15) is 0 Å². The second kappa shape index (κ2) is 3.15. The van der Waals surface area contributed by atoms with Crippen LogP contribution in [0.4, 0.5) is 0 Å². The molecule has 1 aliphatic carbocycles. The molecular weight excluding hydrogens is 170 g/mol. The lowest BCUT2D eigenvalue weighted by Crippen LogP contribution is -2.31. The molecule has 0 saturated heterocycles. The van der Waals surface area contributed by atoms with E-state index in [4.69, 9.17) is 12.2 Å². The second-order valence-electron chi connectivity index (χ2n) is 4.17. The summed E-state index contributed by atoms with van der Waals surface area (Å²) in [7, 11) is 0. The maximum atomic E-state index is 5.99. The van der Waals surface area contributed by atoms with E-state index in [1.165, 1.54) is 18.4 Å². The summed E-state index contributed by atoms with van der Waals surface area (Å²) >= 11 is 0. The highest BCUT2D eigenvalue weighted by atomic mass is 14.7. The molecule has 0 heterocycles. The van der Waals surface area contributed by atoms with Gasteiger partial charge in [-0.25, -0.2) is 0 Å². The Kier molecular flexibility index (Phi) is 2.09. The molecule has 2 N–H and O–H groups in total. The van der Waals surface area contributed by atoms with Crippen molar-refractivity contribution < 1.29 is 0 Å². The molecule has 0 bridgehead atoms. The van der Waals surface area contributed by atoms with E-state index in [1.807, 2.05) is 12.1 Å². The first-order valence-electron chi connectivity index (χ1n) is 5.02. The van der Waals surface area contributed by atoms with Crippen LogP contribution in [0.5, 0.6) is 0 Å². The topological polar surface area (TPSA) is 26.0 Å². The maximum absolute atomic E-state index is 5.99. The summed E-state index contributed by atoms with van der Waals surface area (Å²) in [5.41, 5.74) is 8.52. The van der Waals surface area contributed by atoms with Gasteiger partial charge in [0.05, 0.1) is 0 Å². The Balaban J connectivity index is 2.31. The van der Waals surface area contributed by atoms with Crippen molar-refractivity contribution in [2.75, 3.05) is 0 Å². The Bertz CT molecular complexity index is 363. The number of hydrogen-bond acceptors (Lipinski definition) is 1. The molecule has 1 aliphatic rings. The van der Waals surface area contributed by atoms with Crippen LogP contribution < -0.4 is 5.73 Å². The molecule has 1 fully saturated rings. The lowest BCUT2D eigenvalue weighted by molar-refractivity contribution is 0.556. The monoisotopic (exact) mass is 185 g/mol. The number of terminal acetylenes is 1. The predicted octanol–water partition coefficient (Wildman–Crippen LogP) is 2.05. The second-order valence-corrected chi connectivity index (χ2v) is 4.17. The molecule has 72 valence electrons. The number of hydrogen-bond donors (Lipinski definition) is 1. The van der Waals surface area contributed by atoms with E-state index < -0.39 is 0 Å². The standard InChI is InChI=1S/C13H15N/c1-3-11-4-6-12(7-5-11)13(8-9-13)10(2)14/h1,4-7,10H,8-9,14H2,2H3. The van der Waals surface area contributed by atoms with Gasteiger partial charge in [0, 0.05) is 17.0 Å². The predicted molar refractivity (Wildman–Crippen MR) is 58.9 cm³/mol. The van der Waals surface area contributed by atoms with Gasteiger partial charge in [0.2, 0.25) is 0 Å². The van der Waals surface area contributed by atoms with Gasteiger partial charge < -0.3 is 5.73 Å². The van der Waals surface area contributed by atoms with Gasteiger partial charge >= 0.3 is 0 Å². The molecule has 1 unspecified atom stereocenters. The van der Waals surface area contributed by atoms with E-state index >= 15 is 0 Å². The fraction of sp³-hybridized carbons (Fsp3) is 0.385. The minimum Gasteiger partial charge on any atom is -0.327 e. The van der Waals surface area contributed by atoms with E-state index in [0.29, 0.717) is 0 Å². The van der Waals surface area contributed by atoms with Gasteiger partial charge in [-0.3, -0.25) is 0 Å². The summed E-state index contributed by atoms with van der Waals surface area (Å²) < 4.78 is 0. The molecule has 1 heteroatoms. The summed E-state index contributed by atoms with van der Waals surface area (Å²) in [4.78, 5) is 0. The van der Waals surface area contributed by atoms with Gasteiger partial charge in [-0.1, -0.05) is 18.1 Å². The van der Waals surface area contributed by atoms with Gasteiger partial charge in [0.25, 0.3) is 0 Å². The molecule has 1 saturated carbocycles. The van der Waals surface area contributed by atoms with Gasteiger partial charge in [-0.2, -0.15) is 0 Å². The van der Waals surface area contributed by atoms with Gasteiger partial charge in [-0.05, 0) is 37.5 Å². The first-order valence-corrected chi connectivity index (χ1v) is 5.02. The number of nitrogens with two attached hydrogens (primary N) is 1. The fourth-order valence-corrected chi connectivity index (χ4v) is 2.04.